The lowest BCUT2D eigenvalue weighted by Gasteiger charge is -2.11. The molecular weight excluding hydrogens is 452 g/mol. The van der Waals surface area contributed by atoms with E-state index in [0.29, 0.717) is 23.5 Å². The van der Waals surface area contributed by atoms with Gasteiger partial charge < -0.3 is 26.8 Å². The van der Waals surface area contributed by atoms with Crippen molar-refractivity contribution in [3.8, 4) is 11.1 Å². The molecule has 0 saturated carbocycles. The molecule has 4 aromatic carbocycles. The molecule has 0 bridgehead atoms. The van der Waals surface area contributed by atoms with Crippen LogP contribution < -0.4 is 22.1 Å². The van der Waals surface area contributed by atoms with Crippen LogP contribution >= 0.6 is 0 Å². The topological polar surface area (TPSA) is 119 Å². The van der Waals surface area contributed by atoms with Crippen LogP contribution in [0.3, 0.4) is 0 Å². The summed E-state index contributed by atoms with van der Waals surface area (Å²) in [4.78, 5) is 24.8. The lowest BCUT2D eigenvalue weighted by Crippen LogP contribution is -2.23. The van der Waals surface area contributed by atoms with Gasteiger partial charge in [-0.05, 0) is 52.1 Å². The third kappa shape index (κ3) is 6.49. The molecule has 0 heterocycles. The van der Waals surface area contributed by atoms with Crippen molar-refractivity contribution in [1.29, 1.82) is 0 Å². The second-order valence-electron chi connectivity index (χ2n) is 8.27. The van der Waals surface area contributed by atoms with Gasteiger partial charge in [-0.15, -0.1) is 0 Å². The molecule has 6 N–H and O–H groups in total. The average molecular weight is 481 g/mol. The van der Waals surface area contributed by atoms with Crippen LogP contribution in [-0.4, -0.2) is 12.0 Å². The number of carbonyl (C=O) groups excluding carboxylic acids is 2. The molecule has 4 rings (SSSR count). The first kappa shape index (κ1) is 24.5. The molecule has 0 spiro atoms. The molecule has 182 valence electrons. The summed E-state index contributed by atoms with van der Waals surface area (Å²) >= 11 is 0. The van der Waals surface area contributed by atoms with Gasteiger partial charge in [0.2, 0.25) is 0 Å². The Bertz CT molecular complexity index is 1320. The highest BCUT2D eigenvalue weighted by atomic mass is 16.5. The molecule has 0 fully saturated rings. The number of anilines is 2. The smallest absolute Gasteiger partial charge is 0.407 e. The van der Waals surface area contributed by atoms with Gasteiger partial charge in [0, 0.05) is 18.7 Å². The van der Waals surface area contributed by atoms with Gasteiger partial charge in [-0.3, -0.25) is 4.79 Å². The van der Waals surface area contributed by atoms with Gasteiger partial charge in [-0.25, -0.2) is 4.79 Å². The maximum absolute atomic E-state index is 12.8. The molecule has 0 atom stereocenters. The number of rotatable bonds is 8. The Balaban J connectivity index is 1.29. The minimum Gasteiger partial charge on any atom is -0.445 e. The van der Waals surface area contributed by atoms with Crippen LogP contribution in [-0.2, 0) is 24.4 Å². The first-order chi connectivity index (χ1) is 17.5. The molecule has 0 aliphatic heterocycles. The molecule has 0 saturated heterocycles. The fourth-order valence-electron chi connectivity index (χ4n) is 3.59. The fourth-order valence-corrected chi connectivity index (χ4v) is 3.59. The Morgan fingerprint density at radius 2 is 1.42 bits per heavy atom. The van der Waals surface area contributed by atoms with Crippen molar-refractivity contribution in [2.45, 2.75) is 19.7 Å². The highest BCUT2D eigenvalue weighted by Gasteiger charge is 2.10. The highest BCUT2D eigenvalue weighted by molar-refractivity contribution is 6.06. The maximum Gasteiger partial charge on any atom is 0.407 e. The van der Waals surface area contributed by atoms with Gasteiger partial charge in [-0.1, -0.05) is 72.8 Å². The maximum atomic E-state index is 12.8. The number of nitrogens with two attached hydrogens (primary N) is 2. The van der Waals surface area contributed by atoms with Crippen molar-refractivity contribution in [1.82, 2.24) is 5.32 Å². The molecule has 36 heavy (non-hydrogen) atoms. The van der Waals surface area contributed by atoms with E-state index in [1.54, 1.807) is 30.3 Å². The summed E-state index contributed by atoms with van der Waals surface area (Å²) in [5, 5.41) is 5.60. The van der Waals surface area contributed by atoms with Crippen LogP contribution in [0.25, 0.3) is 11.1 Å². The van der Waals surface area contributed by atoms with E-state index in [4.69, 9.17) is 16.2 Å². The zero-order valence-corrected chi connectivity index (χ0v) is 19.7. The largest absolute Gasteiger partial charge is 0.445 e. The number of carbonyl (C=O) groups is 2. The molecule has 7 heteroatoms. The summed E-state index contributed by atoms with van der Waals surface area (Å²) in [5.74, 6) is -0.272. The van der Waals surface area contributed by atoms with E-state index in [-0.39, 0.29) is 19.1 Å². The van der Waals surface area contributed by atoms with Crippen LogP contribution in [0.5, 0.6) is 0 Å². The number of amides is 2. The second-order valence-corrected chi connectivity index (χ2v) is 8.27. The van der Waals surface area contributed by atoms with Gasteiger partial charge in [0.15, 0.2) is 0 Å². The van der Waals surface area contributed by atoms with E-state index in [1.165, 1.54) is 0 Å². The number of ether oxygens (including phenoxy) is 1. The van der Waals surface area contributed by atoms with Crippen LogP contribution in [0.4, 0.5) is 16.2 Å². The zero-order valence-electron chi connectivity index (χ0n) is 19.7. The minimum atomic E-state index is -0.520. The Morgan fingerprint density at radius 3 is 2.11 bits per heavy atom. The summed E-state index contributed by atoms with van der Waals surface area (Å²) in [6.07, 6.45) is -0.520. The Kier molecular flexibility index (Phi) is 7.95. The van der Waals surface area contributed by atoms with Gasteiger partial charge in [-0.2, -0.15) is 0 Å². The summed E-state index contributed by atoms with van der Waals surface area (Å²) < 4.78 is 5.25. The quantitative estimate of drug-likeness (QED) is 0.262. The molecule has 4 aromatic rings. The molecule has 0 aliphatic rings. The zero-order chi connectivity index (χ0) is 25.3. The third-order valence-corrected chi connectivity index (χ3v) is 5.69. The van der Waals surface area contributed by atoms with Gasteiger partial charge in [0.05, 0.1) is 11.4 Å². The minimum absolute atomic E-state index is 0.171. The van der Waals surface area contributed by atoms with E-state index in [9.17, 15) is 9.59 Å². The number of nitrogen functional groups attached to an aromatic ring is 1. The van der Waals surface area contributed by atoms with Crippen molar-refractivity contribution in [2.75, 3.05) is 11.1 Å². The number of hydrogen-bond acceptors (Lipinski definition) is 5. The lowest BCUT2D eigenvalue weighted by molar-refractivity contribution is 0.102. The molecule has 2 amide bonds. The predicted octanol–water partition coefficient (Wildman–Crippen LogP) is 5.07. The van der Waals surface area contributed by atoms with E-state index in [1.807, 2.05) is 66.7 Å². The molecule has 7 nitrogen and oxygen atoms in total. The van der Waals surface area contributed by atoms with Crippen molar-refractivity contribution >= 4 is 23.4 Å². The third-order valence-electron chi connectivity index (χ3n) is 5.69. The Morgan fingerprint density at radius 1 is 0.750 bits per heavy atom. The monoisotopic (exact) mass is 480 g/mol. The van der Waals surface area contributed by atoms with E-state index >= 15 is 0 Å². The first-order valence-corrected chi connectivity index (χ1v) is 11.6. The first-order valence-electron chi connectivity index (χ1n) is 11.6. The Hall–Kier alpha value is -4.62. The standard InChI is InChI=1S/C29H28N4O3/c30-17-20-6-8-22(9-7-20)19-36-29(35)32-18-21-10-12-24(13-11-21)28(34)33-27-16-25(14-15-26(27)31)23-4-2-1-3-5-23/h1-16H,17-19,30-31H2,(H,32,35)(H,33,34). The highest BCUT2D eigenvalue weighted by Crippen LogP contribution is 2.27. The number of nitrogens with one attached hydrogen (secondary N) is 2. The SMILES string of the molecule is NCc1ccc(COC(=O)NCc2ccc(C(=O)Nc3cc(-c4ccccc4)ccc3N)cc2)cc1. The normalized spacial score (nSPS) is 10.5. The van der Waals surface area contributed by atoms with E-state index in [0.717, 1.165) is 27.8 Å². The summed E-state index contributed by atoms with van der Waals surface area (Å²) in [5.41, 5.74) is 17.9. The van der Waals surface area contributed by atoms with Gasteiger partial charge in [0.1, 0.15) is 6.61 Å². The lowest BCUT2D eigenvalue weighted by atomic mass is 10.0. The number of alkyl carbamates (subject to hydrolysis) is 1. The molecular formula is C29H28N4O3. The van der Waals surface area contributed by atoms with Crippen LogP contribution in [0, 0.1) is 0 Å². The fraction of sp³-hybridized carbons (Fsp3) is 0.103. The predicted molar refractivity (Wildman–Crippen MR) is 142 cm³/mol. The van der Waals surface area contributed by atoms with Crippen molar-refractivity contribution < 1.29 is 14.3 Å². The summed E-state index contributed by atoms with van der Waals surface area (Å²) in [6, 6.07) is 30.0. The van der Waals surface area contributed by atoms with Crippen molar-refractivity contribution in [3.05, 3.63) is 119 Å². The van der Waals surface area contributed by atoms with Crippen molar-refractivity contribution in [3.63, 3.8) is 0 Å². The van der Waals surface area contributed by atoms with E-state index < -0.39 is 6.09 Å². The summed E-state index contributed by atoms with van der Waals surface area (Å²) in [6.45, 7) is 0.918. The Labute approximate surface area is 210 Å². The van der Waals surface area contributed by atoms with Crippen LogP contribution in [0.15, 0.2) is 97.1 Å². The van der Waals surface area contributed by atoms with Crippen LogP contribution in [0.1, 0.15) is 27.0 Å². The number of benzene rings is 4. The summed E-state index contributed by atoms with van der Waals surface area (Å²) in [7, 11) is 0. The van der Waals surface area contributed by atoms with Crippen LogP contribution in [0.2, 0.25) is 0 Å². The van der Waals surface area contributed by atoms with Gasteiger partial charge in [0.25, 0.3) is 5.91 Å². The van der Waals surface area contributed by atoms with Crippen molar-refractivity contribution in [2.24, 2.45) is 5.73 Å². The molecule has 0 radical (unpaired) electrons. The van der Waals surface area contributed by atoms with E-state index in [2.05, 4.69) is 10.6 Å². The second kappa shape index (κ2) is 11.7. The number of hydrogen-bond donors (Lipinski definition) is 4. The molecule has 0 unspecified atom stereocenters. The molecule has 0 aromatic heterocycles. The average Bonchev–Trinajstić information content (AvgIpc) is 2.93. The molecule has 0 aliphatic carbocycles. The van der Waals surface area contributed by atoms with Gasteiger partial charge >= 0.3 is 6.09 Å².